The maximum absolute atomic E-state index is 5.15. The number of fused-ring (bicyclic) bond motifs is 1. The molecule has 1 aromatic heterocycles. The number of benzene rings is 1. The van der Waals surface area contributed by atoms with E-state index in [0.29, 0.717) is 0 Å². The molecular formula is C13H13N3O. The van der Waals surface area contributed by atoms with Gasteiger partial charge in [0.25, 0.3) is 0 Å². The summed E-state index contributed by atoms with van der Waals surface area (Å²) in [5, 5.41) is 3.32. The number of hydrogen-bond donors (Lipinski definition) is 1. The van der Waals surface area contributed by atoms with Crippen molar-refractivity contribution in [2.24, 2.45) is 0 Å². The Kier molecular flexibility index (Phi) is 2.33. The van der Waals surface area contributed by atoms with Crippen LogP contribution in [0.4, 0.5) is 5.82 Å². The van der Waals surface area contributed by atoms with Crippen LogP contribution in [0.2, 0.25) is 0 Å². The number of imidazole rings is 1. The van der Waals surface area contributed by atoms with E-state index in [0.717, 1.165) is 29.5 Å². The zero-order valence-corrected chi connectivity index (χ0v) is 9.55. The summed E-state index contributed by atoms with van der Waals surface area (Å²) in [5.41, 5.74) is 2.05. The summed E-state index contributed by atoms with van der Waals surface area (Å²) in [7, 11) is 1.67. The minimum atomic E-state index is 0.842. The molecule has 2 aromatic rings. The van der Waals surface area contributed by atoms with Gasteiger partial charge in [0, 0.05) is 12.2 Å². The highest BCUT2D eigenvalue weighted by molar-refractivity contribution is 5.66. The molecule has 0 unspecified atom stereocenters. The van der Waals surface area contributed by atoms with Crippen LogP contribution in [0.3, 0.4) is 0 Å². The minimum absolute atomic E-state index is 0.842. The van der Waals surface area contributed by atoms with E-state index < -0.39 is 0 Å². The molecule has 0 saturated carbocycles. The maximum atomic E-state index is 5.15. The van der Waals surface area contributed by atoms with Crippen LogP contribution in [0.25, 0.3) is 11.8 Å². The van der Waals surface area contributed by atoms with Crippen molar-refractivity contribution in [2.45, 2.75) is 0 Å². The molecule has 1 aliphatic heterocycles. The van der Waals surface area contributed by atoms with E-state index in [1.807, 2.05) is 41.2 Å². The summed E-state index contributed by atoms with van der Waals surface area (Å²) in [5.74, 6) is 1.90. The Bertz CT molecular complexity index is 555. The standard InChI is InChI=1S/C13H13N3O/c1-17-11-6-4-10(5-7-11)16-9-15-12-3-2-8-14-13(12)16/h2-7,9,14H,8H2,1H3. The Hall–Kier alpha value is -2.23. The number of hydrogen-bond acceptors (Lipinski definition) is 3. The first-order valence-corrected chi connectivity index (χ1v) is 5.50. The molecule has 4 heteroatoms. The number of nitrogens with one attached hydrogen (secondary N) is 1. The van der Waals surface area contributed by atoms with E-state index in [1.54, 1.807) is 7.11 Å². The molecule has 0 fully saturated rings. The van der Waals surface area contributed by atoms with Crippen LogP contribution in [0.15, 0.2) is 36.7 Å². The van der Waals surface area contributed by atoms with Gasteiger partial charge in [0.2, 0.25) is 0 Å². The fourth-order valence-electron chi connectivity index (χ4n) is 1.92. The Morgan fingerprint density at radius 1 is 1.29 bits per heavy atom. The van der Waals surface area contributed by atoms with Gasteiger partial charge in [0.1, 0.15) is 23.6 Å². The van der Waals surface area contributed by atoms with Crippen LogP contribution in [-0.2, 0) is 0 Å². The van der Waals surface area contributed by atoms with Gasteiger partial charge < -0.3 is 10.1 Å². The first kappa shape index (κ1) is 9.96. The second kappa shape index (κ2) is 3.97. The first-order chi connectivity index (χ1) is 8.38. The maximum Gasteiger partial charge on any atom is 0.138 e. The van der Waals surface area contributed by atoms with Crippen LogP contribution in [0, 0.1) is 0 Å². The van der Waals surface area contributed by atoms with Crippen molar-refractivity contribution < 1.29 is 4.74 Å². The normalized spacial score (nSPS) is 13.0. The number of anilines is 1. The zero-order valence-electron chi connectivity index (χ0n) is 9.55. The Balaban J connectivity index is 2.03. The van der Waals surface area contributed by atoms with Crippen molar-refractivity contribution in [2.75, 3.05) is 19.0 Å². The molecule has 0 amide bonds. The summed E-state index contributed by atoms with van der Waals surface area (Å²) in [6.07, 6.45) is 5.93. The van der Waals surface area contributed by atoms with Crippen LogP contribution < -0.4 is 10.1 Å². The van der Waals surface area contributed by atoms with E-state index in [1.165, 1.54) is 0 Å². The number of rotatable bonds is 2. The molecule has 1 aromatic carbocycles. The smallest absolute Gasteiger partial charge is 0.138 e. The van der Waals surface area contributed by atoms with E-state index in [9.17, 15) is 0 Å². The minimum Gasteiger partial charge on any atom is -0.497 e. The van der Waals surface area contributed by atoms with Gasteiger partial charge in [0.05, 0.1) is 7.11 Å². The number of nitrogens with zero attached hydrogens (tertiary/aromatic N) is 2. The molecule has 17 heavy (non-hydrogen) atoms. The van der Waals surface area contributed by atoms with Crippen molar-refractivity contribution >= 4 is 11.9 Å². The molecule has 2 heterocycles. The Labute approximate surface area is 99.6 Å². The van der Waals surface area contributed by atoms with Crippen LogP contribution in [0.1, 0.15) is 5.69 Å². The fourth-order valence-corrected chi connectivity index (χ4v) is 1.92. The largest absolute Gasteiger partial charge is 0.497 e. The molecule has 0 spiro atoms. The van der Waals surface area contributed by atoms with Gasteiger partial charge in [-0.05, 0) is 30.3 Å². The van der Waals surface area contributed by atoms with Gasteiger partial charge >= 0.3 is 0 Å². The van der Waals surface area contributed by atoms with Crippen molar-refractivity contribution in [3.8, 4) is 11.4 Å². The SMILES string of the molecule is COc1ccc(-n2cnc3c2NCC=C3)cc1. The van der Waals surface area contributed by atoms with Crippen molar-refractivity contribution in [3.63, 3.8) is 0 Å². The third kappa shape index (κ3) is 1.67. The third-order valence-electron chi connectivity index (χ3n) is 2.81. The predicted molar refractivity (Wildman–Crippen MR) is 67.6 cm³/mol. The molecule has 3 rings (SSSR count). The summed E-state index contributed by atoms with van der Waals surface area (Å²) in [6, 6.07) is 7.92. The lowest BCUT2D eigenvalue weighted by atomic mass is 10.2. The summed E-state index contributed by atoms with van der Waals surface area (Å²) in [4.78, 5) is 4.36. The van der Waals surface area contributed by atoms with Crippen LogP contribution >= 0.6 is 0 Å². The van der Waals surface area contributed by atoms with Gasteiger partial charge in [-0.3, -0.25) is 4.57 Å². The van der Waals surface area contributed by atoms with E-state index in [2.05, 4.69) is 16.4 Å². The first-order valence-electron chi connectivity index (χ1n) is 5.50. The quantitative estimate of drug-likeness (QED) is 0.855. The number of aromatic nitrogens is 2. The summed E-state index contributed by atoms with van der Waals surface area (Å²) < 4.78 is 7.19. The van der Waals surface area contributed by atoms with E-state index in [4.69, 9.17) is 4.74 Å². The van der Waals surface area contributed by atoms with Crippen molar-refractivity contribution in [1.82, 2.24) is 9.55 Å². The lowest BCUT2D eigenvalue weighted by Crippen LogP contribution is -2.08. The molecule has 86 valence electrons. The Morgan fingerprint density at radius 2 is 2.12 bits per heavy atom. The fraction of sp³-hybridized carbons (Fsp3) is 0.154. The predicted octanol–water partition coefficient (Wildman–Crippen LogP) is 2.32. The summed E-state index contributed by atoms with van der Waals surface area (Å²) >= 11 is 0. The van der Waals surface area contributed by atoms with Gasteiger partial charge in [-0.2, -0.15) is 0 Å². The topological polar surface area (TPSA) is 39.1 Å². The molecule has 4 nitrogen and oxygen atoms in total. The summed E-state index contributed by atoms with van der Waals surface area (Å²) in [6.45, 7) is 0.842. The molecule has 0 saturated heterocycles. The lowest BCUT2D eigenvalue weighted by molar-refractivity contribution is 0.415. The average molecular weight is 227 g/mol. The molecule has 0 bridgehead atoms. The van der Waals surface area contributed by atoms with Crippen LogP contribution in [-0.4, -0.2) is 23.2 Å². The zero-order chi connectivity index (χ0) is 11.7. The monoisotopic (exact) mass is 227 g/mol. The lowest BCUT2D eigenvalue weighted by Gasteiger charge is -2.13. The highest BCUT2D eigenvalue weighted by atomic mass is 16.5. The Morgan fingerprint density at radius 3 is 2.88 bits per heavy atom. The molecule has 0 radical (unpaired) electrons. The van der Waals surface area contributed by atoms with Gasteiger partial charge in [-0.1, -0.05) is 6.08 Å². The average Bonchev–Trinajstić information content (AvgIpc) is 2.83. The molecular weight excluding hydrogens is 214 g/mol. The van der Waals surface area contributed by atoms with E-state index in [-0.39, 0.29) is 0 Å². The van der Waals surface area contributed by atoms with Gasteiger partial charge in [0.15, 0.2) is 0 Å². The number of methoxy groups -OCH3 is 1. The van der Waals surface area contributed by atoms with Crippen LogP contribution in [0.5, 0.6) is 5.75 Å². The molecule has 1 aliphatic rings. The third-order valence-corrected chi connectivity index (χ3v) is 2.81. The second-order valence-electron chi connectivity index (χ2n) is 3.83. The highest BCUT2D eigenvalue weighted by Gasteiger charge is 2.11. The van der Waals surface area contributed by atoms with Crippen molar-refractivity contribution in [3.05, 3.63) is 42.4 Å². The molecule has 1 N–H and O–H groups in total. The van der Waals surface area contributed by atoms with Gasteiger partial charge in [-0.25, -0.2) is 4.98 Å². The van der Waals surface area contributed by atoms with E-state index >= 15 is 0 Å². The second-order valence-corrected chi connectivity index (χ2v) is 3.83. The molecule has 0 atom stereocenters. The number of ether oxygens (including phenoxy) is 1. The van der Waals surface area contributed by atoms with Crippen molar-refractivity contribution in [1.29, 1.82) is 0 Å². The molecule has 0 aliphatic carbocycles. The van der Waals surface area contributed by atoms with Gasteiger partial charge in [-0.15, -0.1) is 0 Å². The highest BCUT2D eigenvalue weighted by Crippen LogP contribution is 2.24.